The summed E-state index contributed by atoms with van der Waals surface area (Å²) in [6, 6.07) is 12.6. The first-order valence-electron chi connectivity index (χ1n) is 11.4. The molecule has 1 heterocycles. The zero-order valence-corrected chi connectivity index (χ0v) is 18.6. The van der Waals surface area contributed by atoms with Crippen LogP contribution in [-0.4, -0.2) is 48.4 Å². The molecule has 1 aliphatic heterocycles. The highest BCUT2D eigenvalue weighted by atomic mass is 19.4. The maximum atomic E-state index is 13.5. The van der Waals surface area contributed by atoms with E-state index in [9.17, 15) is 27.2 Å². The lowest BCUT2D eigenvalue weighted by atomic mass is 9.80. The third-order valence-electron chi connectivity index (χ3n) is 6.66. The molecule has 1 saturated heterocycles. The van der Waals surface area contributed by atoms with Gasteiger partial charge in [0, 0.05) is 24.7 Å². The van der Waals surface area contributed by atoms with Gasteiger partial charge in [0.2, 0.25) is 5.91 Å². The van der Waals surface area contributed by atoms with Crippen LogP contribution < -0.4 is 10.6 Å². The zero-order valence-electron chi connectivity index (χ0n) is 18.6. The van der Waals surface area contributed by atoms with Crippen LogP contribution in [0.3, 0.4) is 0 Å². The Kier molecular flexibility index (Phi) is 7.21. The second-order valence-corrected chi connectivity index (χ2v) is 9.04. The molecule has 5 nitrogen and oxygen atoms in total. The van der Waals surface area contributed by atoms with Crippen molar-refractivity contribution in [3.05, 3.63) is 71.0 Å². The Labute approximate surface area is 195 Å². The molecule has 0 bridgehead atoms. The summed E-state index contributed by atoms with van der Waals surface area (Å²) in [7, 11) is 0. The molecule has 0 spiro atoms. The molecule has 2 N–H and O–H groups in total. The Morgan fingerprint density at radius 2 is 1.65 bits per heavy atom. The Morgan fingerprint density at radius 1 is 0.971 bits per heavy atom. The molecule has 0 radical (unpaired) electrons. The highest BCUT2D eigenvalue weighted by Crippen LogP contribution is 2.36. The van der Waals surface area contributed by atoms with Gasteiger partial charge in [0.15, 0.2) is 0 Å². The molecule has 4 rings (SSSR count). The van der Waals surface area contributed by atoms with Gasteiger partial charge < -0.3 is 10.6 Å². The van der Waals surface area contributed by atoms with Gasteiger partial charge in [0.05, 0.1) is 18.2 Å². The quantitative estimate of drug-likeness (QED) is 0.616. The molecule has 2 fully saturated rings. The second kappa shape index (κ2) is 10.1. The minimum absolute atomic E-state index is 0.0257. The van der Waals surface area contributed by atoms with Gasteiger partial charge >= 0.3 is 6.18 Å². The molecular formula is C25H27F4N3O2. The van der Waals surface area contributed by atoms with E-state index in [1.165, 1.54) is 5.56 Å². The maximum Gasteiger partial charge on any atom is 0.416 e. The maximum absolute atomic E-state index is 13.5. The molecule has 2 aromatic carbocycles. The SMILES string of the molecule is O=C(CNC(=O)c1cc(F)cc(C(F)(F)F)c1)NC1CN([C@H]2CC[C@@H](c3ccccc3)CC2)C1. The number of carbonyl (C=O) groups excluding carboxylic acids is 2. The number of benzene rings is 2. The standard InChI is InChI=1S/C25H27F4N3O2/c26-20-11-18(10-19(12-20)25(27,28)29)24(34)30-13-23(33)31-21-14-32(15-21)22-8-6-17(7-9-22)16-4-2-1-3-5-16/h1-5,10-12,17,21-22H,6-9,13-15H2,(H,30,34)(H,31,33)/t17-,22+. The second-order valence-electron chi connectivity index (χ2n) is 9.04. The molecule has 2 aliphatic rings. The van der Waals surface area contributed by atoms with Gasteiger partial charge in [0.1, 0.15) is 5.82 Å². The summed E-state index contributed by atoms with van der Waals surface area (Å²) in [5.74, 6) is -1.94. The number of nitrogens with zero attached hydrogens (tertiary/aromatic N) is 1. The first-order valence-corrected chi connectivity index (χ1v) is 11.4. The number of halogens is 4. The van der Waals surface area contributed by atoms with E-state index in [1.807, 2.05) is 6.07 Å². The van der Waals surface area contributed by atoms with Crippen LogP contribution in [0.2, 0.25) is 0 Å². The van der Waals surface area contributed by atoms with Crippen LogP contribution in [-0.2, 0) is 11.0 Å². The Hall–Kier alpha value is -2.94. The van der Waals surface area contributed by atoms with E-state index in [0.29, 0.717) is 30.2 Å². The number of rotatable bonds is 6. The van der Waals surface area contributed by atoms with Crippen molar-refractivity contribution in [1.82, 2.24) is 15.5 Å². The lowest BCUT2D eigenvalue weighted by molar-refractivity contribution is -0.137. The molecule has 34 heavy (non-hydrogen) atoms. The highest BCUT2D eigenvalue weighted by Gasteiger charge is 2.35. The van der Waals surface area contributed by atoms with Gasteiger partial charge in [-0.25, -0.2) is 4.39 Å². The van der Waals surface area contributed by atoms with Crippen molar-refractivity contribution in [3.63, 3.8) is 0 Å². The zero-order chi connectivity index (χ0) is 24.3. The van der Waals surface area contributed by atoms with Crippen molar-refractivity contribution in [3.8, 4) is 0 Å². The summed E-state index contributed by atoms with van der Waals surface area (Å²) in [6.07, 6.45) is -0.256. The van der Waals surface area contributed by atoms with Crippen LogP contribution in [0.25, 0.3) is 0 Å². The number of amides is 2. The van der Waals surface area contributed by atoms with Crippen molar-refractivity contribution >= 4 is 11.8 Å². The third-order valence-corrected chi connectivity index (χ3v) is 6.66. The Bertz CT molecular complexity index is 1010. The predicted octanol–water partition coefficient (Wildman–Crippen LogP) is 4.10. The molecule has 0 aromatic heterocycles. The fourth-order valence-corrected chi connectivity index (χ4v) is 4.83. The Balaban J connectivity index is 1.17. The minimum Gasteiger partial charge on any atom is -0.349 e. The van der Waals surface area contributed by atoms with Gasteiger partial charge in [-0.3, -0.25) is 14.5 Å². The number of hydrogen-bond donors (Lipinski definition) is 2. The number of alkyl halides is 3. The third kappa shape index (κ3) is 5.94. The van der Waals surface area contributed by atoms with Gasteiger partial charge in [-0.2, -0.15) is 13.2 Å². The first-order chi connectivity index (χ1) is 16.2. The summed E-state index contributed by atoms with van der Waals surface area (Å²) in [5.41, 5.74) is -0.347. The van der Waals surface area contributed by atoms with E-state index in [1.54, 1.807) is 0 Å². The van der Waals surface area contributed by atoms with Crippen LogP contribution in [0.1, 0.15) is 53.1 Å². The van der Waals surface area contributed by atoms with E-state index < -0.39 is 41.5 Å². The average Bonchev–Trinajstić information content (AvgIpc) is 2.79. The molecular weight excluding hydrogens is 450 g/mol. The summed E-state index contributed by atoms with van der Waals surface area (Å²) in [4.78, 5) is 26.6. The lowest BCUT2D eigenvalue weighted by Gasteiger charge is -2.46. The van der Waals surface area contributed by atoms with Crippen molar-refractivity contribution < 1.29 is 27.2 Å². The smallest absolute Gasteiger partial charge is 0.349 e. The van der Waals surface area contributed by atoms with Crippen molar-refractivity contribution in [2.75, 3.05) is 19.6 Å². The molecule has 9 heteroatoms. The summed E-state index contributed by atoms with van der Waals surface area (Å²) in [6.45, 7) is 1.08. The molecule has 1 aliphatic carbocycles. The topological polar surface area (TPSA) is 61.4 Å². The monoisotopic (exact) mass is 477 g/mol. The van der Waals surface area contributed by atoms with Crippen molar-refractivity contribution in [2.45, 2.75) is 49.9 Å². The van der Waals surface area contributed by atoms with Crippen LogP contribution in [0.15, 0.2) is 48.5 Å². The van der Waals surface area contributed by atoms with Crippen LogP contribution >= 0.6 is 0 Å². The van der Waals surface area contributed by atoms with E-state index in [0.717, 1.165) is 38.8 Å². The van der Waals surface area contributed by atoms with Crippen molar-refractivity contribution in [1.29, 1.82) is 0 Å². The molecule has 2 aromatic rings. The Morgan fingerprint density at radius 3 is 2.29 bits per heavy atom. The van der Waals surface area contributed by atoms with E-state index >= 15 is 0 Å². The van der Waals surface area contributed by atoms with Crippen LogP contribution in [0.5, 0.6) is 0 Å². The summed E-state index contributed by atoms with van der Waals surface area (Å²) >= 11 is 0. The fourth-order valence-electron chi connectivity index (χ4n) is 4.83. The van der Waals surface area contributed by atoms with Gasteiger partial charge in [-0.15, -0.1) is 0 Å². The van der Waals surface area contributed by atoms with Gasteiger partial charge in [-0.1, -0.05) is 30.3 Å². The molecule has 1 saturated carbocycles. The van der Waals surface area contributed by atoms with E-state index in [4.69, 9.17) is 0 Å². The van der Waals surface area contributed by atoms with Crippen LogP contribution in [0.4, 0.5) is 17.6 Å². The highest BCUT2D eigenvalue weighted by molar-refractivity contribution is 5.96. The minimum atomic E-state index is -4.77. The molecule has 2 amide bonds. The van der Waals surface area contributed by atoms with Gasteiger partial charge in [-0.05, 0) is 55.4 Å². The number of carbonyl (C=O) groups is 2. The van der Waals surface area contributed by atoms with E-state index in [-0.39, 0.29) is 6.04 Å². The fraction of sp³-hybridized carbons (Fsp3) is 0.440. The summed E-state index contributed by atoms with van der Waals surface area (Å²) in [5, 5.41) is 5.08. The first kappa shape index (κ1) is 24.2. The molecule has 0 atom stereocenters. The predicted molar refractivity (Wildman–Crippen MR) is 119 cm³/mol. The number of nitrogens with one attached hydrogen (secondary N) is 2. The van der Waals surface area contributed by atoms with E-state index in [2.05, 4.69) is 39.8 Å². The largest absolute Gasteiger partial charge is 0.416 e. The normalized spacial score (nSPS) is 21.5. The number of hydrogen-bond acceptors (Lipinski definition) is 3. The molecule has 182 valence electrons. The van der Waals surface area contributed by atoms with Gasteiger partial charge in [0.25, 0.3) is 5.91 Å². The van der Waals surface area contributed by atoms with Crippen molar-refractivity contribution in [2.24, 2.45) is 0 Å². The number of likely N-dealkylation sites (tertiary alicyclic amines) is 1. The lowest BCUT2D eigenvalue weighted by Crippen LogP contribution is -2.63. The average molecular weight is 478 g/mol. The van der Waals surface area contributed by atoms with Crippen LogP contribution in [0, 0.1) is 5.82 Å². The molecule has 0 unspecified atom stereocenters. The summed E-state index contributed by atoms with van der Waals surface area (Å²) < 4.78 is 51.9.